The van der Waals surface area contributed by atoms with Gasteiger partial charge in [-0.25, -0.2) is 0 Å². The van der Waals surface area contributed by atoms with Crippen molar-refractivity contribution in [3.8, 4) is 6.07 Å². The summed E-state index contributed by atoms with van der Waals surface area (Å²) < 4.78 is 4.92. The summed E-state index contributed by atoms with van der Waals surface area (Å²) in [6, 6.07) is 8.43. The van der Waals surface area contributed by atoms with Crippen molar-refractivity contribution in [1.29, 1.82) is 5.26 Å². The van der Waals surface area contributed by atoms with Gasteiger partial charge in [0.2, 0.25) is 5.13 Å². The largest absolute Gasteiger partial charge is 0.377 e. The molecule has 1 aromatic heterocycles. The van der Waals surface area contributed by atoms with E-state index in [9.17, 15) is 4.79 Å². The molecule has 2 aromatic rings. The van der Waals surface area contributed by atoms with Crippen LogP contribution in [0.15, 0.2) is 24.3 Å². The summed E-state index contributed by atoms with van der Waals surface area (Å²) in [5.41, 5.74) is 0.840. The Morgan fingerprint density at radius 2 is 2.37 bits per heavy atom. The molecule has 0 atom stereocenters. The Morgan fingerprint density at radius 1 is 1.53 bits per heavy atom. The van der Waals surface area contributed by atoms with Gasteiger partial charge in [-0.2, -0.15) is 5.26 Å². The SMILES string of the molecule is COCc1nnc(NC(=O)c2cccc(C#N)c2)s1. The summed E-state index contributed by atoms with van der Waals surface area (Å²) >= 11 is 1.25. The Labute approximate surface area is 113 Å². The quantitative estimate of drug-likeness (QED) is 0.918. The molecule has 0 aliphatic heterocycles. The summed E-state index contributed by atoms with van der Waals surface area (Å²) in [7, 11) is 1.56. The molecule has 0 radical (unpaired) electrons. The third-order valence-electron chi connectivity index (χ3n) is 2.21. The molecule has 1 aromatic carbocycles. The molecule has 0 bridgehead atoms. The number of hydrogen-bond donors (Lipinski definition) is 1. The average Bonchev–Trinajstić information content (AvgIpc) is 2.86. The predicted molar refractivity (Wildman–Crippen MR) is 69.7 cm³/mol. The Balaban J connectivity index is 2.09. The predicted octanol–water partition coefficient (Wildman–Crippen LogP) is 1.81. The number of ether oxygens (including phenoxy) is 1. The monoisotopic (exact) mass is 274 g/mol. The highest BCUT2D eigenvalue weighted by atomic mass is 32.1. The van der Waals surface area contributed by atoms with Crippen molar-refractivity contribution in [1.82, 2.24) is 10.2 Å². The molecule has 2 rings (SSSR count). The number of rotatable bonds is 4. The number of methoxy groups -OCH3 is 1. The zero-order valence-electron chi connectivity index (χ0n) is 10.1. The first kappa shape index (κ1) is 13.1. The van der Waals surface area contributed by atoms with E-state index in [1.807, 2.05) is 6.07 Å². The van der Waals surface area contributed by atoms with Gasteiger partial charge in [-0.05, 0) is 18.2 Å². The number of nitrogens with one attached hydrogen (secondary N) is 1. The van der Waals surface area contributed by atoms with E-state index >= 15 is 0 Å². The number of carbonyl (C=O) groups is 1. The van der Waals surface area contributed by atoms with Crippen LogP contribution in [0.2, 0.25) is 0 Å². The fraction of sp³-hybridized carbons (Fsp3) is 0.167. The Bertz CT molecular complexity index is 633. The van der Waals surface area contributed by atoms with Gasteiger partial charge in [-0.1, -0.05) is 17.4 Å². The van der Waals surface area contributed by atoms with Gasteiger partial charge in [0.1, 0.15) is 11.6 Å². The normalized spacial score (nSPS) is 9.89. The number of anilines is 1. The molecule has 0 saturated carbocycles. The van der Waals surface area contributed by atoms with E-state index < -0.39 is 0 Å². The molecule has 0 unspecified atom stereocenters. The highest BCUT2D eigenvalue weighted by molar-refractivity contribution is 7.15. The van der Waals surface area contributed by atoms with E-state index in [2.05, 4.69) is 15.5 Å². The Kier molecular flexibility index (Phi) is 4.18. The van der Waals surface area contributed by atoms with Crippen molar-refractivity contribution in [2.75, 3.05) is 12.4 Å². The van der Waals surface area contributed by atoms with E-state index in [-0.39, 0.29) is 5.91 Å². The van der Waals surface area contributed by atoms with Crippen LogP contribution < -0.4 is 5.32 Å². The van der Waals surface area contributed by atoms with Gasteiger partial charge < -0.3 is 4.74 Å². The molecule has 0 aliphatic rings. The van der Waals surface area contributed by atoms with Crippen molar-refractivity contribution in [3.63, 3.8) is 0 Å². The van der Waals surface area contributed by atoms with Crippen LogP contribution in [0.1, 0.15) is 20.9 Å². The van der Waals surface area contributed by atoms with Gasteiger partial charge in [0.25, 0.3) is 5.91 Å². The summed E-state index contributed by atoms with van der Waals surface area (Å²) in [6.07, 6.45) is 0. The zero-order valence-corrected chi connectivity index (χ0v) is 10.9. The first-order chi connectivity index (χ1) is 9.22. The van der Waals surface area contributed by atoms with E-state index in [1.165, 1.54) is 17.4 Å². The Hall–Kier alpha value is -2.30. The molecule has 1 N–H and O–H groups in total. The summed E-state index contributed by atoms with van der Waals surface area (Å²) in [6.45, 7) is 0.359. The minimum Gasteiger partial charge on any atom is -0.377 e. The molecular formula is C12H10N4O2S. The van der Waals surface area contributed by atoms with Crippen LogP contribution in [0.3, 0.4) is 0 Å². The van der Waals surface area contributed by atoms with Crippen LogP contribution in [-0.4, -0.2) is 23.2 Å². The smallest absolute Gasteiger partial charge is 0.257 e. The van der Waals surface area contributed by atoms with Gasteiger partial charge in [0.05, 0.1) is 11.6 Å². The summed E-state index contributed by atoms with van der Waals surface area (Å²) in [4.78, 5) is 11.9. The summed E-state index contributed by atoms with van der Waals surface area (Å²) in [5.74, 6) is -0.322. The molecule has 0 fully saturated rings. The minimum atomic E-state index is -0.322. The summed E-state index contributed by atoms with van der Waals surface area (Å²) in [5, 5.41) is 20.2. The molecule has 6 nitrogen and oxygen atoms in total. The maximum atomic E-state index is 11.9. The van der Waals surface area contributed by atoms with E-state index in [4.69, 9.17) is 10.00 Å². The highest BCUT2D eigenvalue weighted by Crippen LogP contribution is 2.17. The topological polar surface area (TPSA) is 87.9 Å². The number of hydrogen-bond acceptors (Lipinski definition) is 6. The third-order valence-corrected chi connectivity index (χ3v) is 3.02. The lowest BCUT2D eigenvalue weighted by atomic mass is 10.1. The Morgan fingerprint density at radius 3 is 3.11 bits per heavy atom. The molecule has 0 spiro atoms. The van der Waals surface area contributed by atoms with Gasteiger partial charge in [-0.3, -0.25) is 10.1 Å². The number of benzene rings is 1. The van der Waals surface area contributed by atoms with Crippen molar-refractivity contribution >= 4 is 22.4 Å². The maximum Gasteiger partial charge on any atom is 0.257 e. The number of carbonyl (C=O) groups excluding carboxylic acids is 1. The number of nitrogens with zero attached hydrogens (tertiary/aromatic N) is 3. The van der Waals surface area contributed by atoms with Crippen molar-refractivity contribution in [3.05, 3.63) is 40.4 Å². The van der Waals surface area contributed by atoms with Gasteiger partial charge >= 0.3 is 0 Å². The highest BCUT2D eigenvalue weighted by Gasteiger charge is 2.10. The second-order valence-corrected chi connectivity index (χ2v) is 4.64. The lowest BCUT2D eigenvalue weighted by Gasteiger charge is -2.00. The second-order valence-electron chi connectivity index (χ2n) is 3.58. The number of nitriles is 1. The molecule has 1 heterocycles. The fourth-order valence-electron chi connectivity index (χ4n) is 1.39. The molecule has 0 saturated heterocycles. The lowest BCUT2D eigenvalue weighted by molar-refractivity contribution is 0.102. The number of amides is 1. The molecular weight excluding hydrogens is 264 g/mol. The molecule has 19 heavy (non-hydrogen) atoms. The first-order valence-electron chi connectivity index (χ1n) is 5.36. The van der Waals surface area contributed by atoms with Gasteiger partial charge in [0, 0.05) is 12.7 Å². The molecule has 7 heteroatoms. The van der Waals surface area contributed by atoms with Crippen molar-refractivity contribution in [2.45, 2.75) is 6.61 Å². The van der Waals surface area contributed by atoms with Crippen LogP contribution in [0.25, 0.3) is 0 Å². The van der Waals surface area contributed by atoms with Crippen LogP contribution in [-0.2, 0) is 11.3 Å². The van der Waals surface area contributed by atoms with E-state index in [0.717, 1.165) is 0 Å². The van der Waals surface area contributed by atoms with Crippen molar-refractivity contribution in [2.24, 2.45) is 0 Å². The van der Waals surface area contributed by atoms with E-state index in [0.29, 0.717) is 27.9 Å². The first-order valence-corrected chi connectivity index (χ1v) is 6.17. The van der Waals surface area contributed by atoms with E-state index in [1.54, 1.807) is 25.3 Å². The average molecular weight is 274 g/mol. The van der Waals surface area contributed by atoms with Crippen LogP contribution in [0, 0.1) is 11.3 Å². The zero-order chi connectivity index (χ0) is 13.7. The molecule has 96 valence electrons. The lowest BCUT2D eigenvalue weighted by Crippen LogP contribution is -2.11. The second kappa shape index (κ2) is 6.04. The molecule has 0 aliphatic carbocycles. The van der Waals surface area contributed by atoms with Crippen LogP contribution >= 0.6 is 11.3 Å². The third kappa shape index (κ3) is 3.34. The van der Waals surface area contributed by atoms with Crippen LogP contribution in [0.4, 0.5) is 5.13 Å². The standard InChI is InChI=1S/C12H10N4O2S/c1-18-7-10-15-16-12(19-10)14-11(17)9-4-2-3-8(5-9)6-13/h2-5H,7H2,1H3,(H,14,16,17). The van der Waals surface area contributed by atoms with Crippen LogP contribution in [0.5, 0.6) is 0 Å². The number of aromatic nitrogens is 2. The fourth-order valence-corrected chi connectivity index (χ4v) is 2.09. The van der Waals surface area contributed by atoms with Gasteiger partial charge in [-0.15, -0.1) is 10.2 Å². The maximum absolute atomic E-state index is 11.9. The minimum absolute atomic E-state index is 0.322. The molecule has 1 amide bonds. The van der Waals surface area contributed by atoms with Crippen molar-refractivity contribution < 1.29 is 9.53 Å². The van der Waals surface area contributed by atoms with Gasteiger partial charge in [0.15, 0.2) is 0 Å².